The number of rotatable bonds is 6. The third-order valence-electron chi connectivity index (χ3n) is 2.79. The summed E-state index contributed by atoms with van der Waals surface area (Å²) in [6, 6.07) is 1.37. The number of nitrogens with zero attached hydrogens (tertiary/aromatic N) is 1. The highest BCUT2D eigenvalue weighted by Crippen LogP contribution is 2.05. The van der Waals surface area contributed by atoms with Crippen LogP contribution in [0.4, 0.5) is 0 Å². The van der Waals surface area contributed by atoms with Gasteiger partial charge in [-0.1, -0.05) is 13.8 Å². The SMILES string of the molecule is CCOC(=O)CN(CC(C)C)C(=O)c1c[nH]c(C)cc1=O. The summed E-state index contributed by atoms with van der Waals surface area (Å²) in [5.41, 5.74) is 0.358. The Morgan fingerprint density at radius 2 is 2.05 bits per heavy atom. The highest BCUT2D eigenvalue weighted by Gasteiger charge is 2.22. The molecule has 0 aromatic carbocycles. The number of H-pyrrole nitrogens is 1. The molecule has 21 heavy (non-hydrogen) atoms. The van der Waals surface area contributed by atoms with E-state index in [1.54, 1.807) is 13.8 Å². The fourth-order valence-electron chi connectivity index (χ4n) is 1.93. The van der Waals surface area contributed by atoms with Crippen LogP contribution in [-0.2, 0) is 9.53 Å². The zero-order chi connectivity index (χ0) is 16.0. The number of carbonyl (C=O) groups is 2. The minimum Gasteiger partial charge on any atom is -0.465 e. The third-order valence-corrected chi connectivity index (χ3v) is 2.79. The Kier molecular flexibility index (Phi) is 6.14. The van der Waals surface area contributed by atoms with Crippen molar-refractivity contribution in [1.29, 1.82) is 0 Å². The second-order valence-electron chi connectivity index (χ2n) is 5.28. The van der Waals surface area contributed by atoms with E-state index in [1.807, 2.05) is 13.8 Å². The maximum atomic E-state index is 12.5. The molecular weight excluding hydrogens is 272 g/mol. The van der Waals surface area contributed by atoms with Crippen LogP contribution in [0.2, 0.25) is 0 Å². The van der Waals surface area contributed by atoms with E-state index in [4.69, 9.17) is 4.74 Å². The van der Waals surface area contributed by atoms with Gasteiger partial charge in [0.1, 0.15) is 12.1 Å². The summed E-state index contributed by atoms with van der Waals surface area (Å²) in [7, 11) is 0. The highest BCUT2D eigenvalue weighted by molar-refractivity contribution is 5.95. The summed E-state index contributed by atoms with van der Waals surface area (Å²) in [4.78, 5) is 40.2. The van der Waals surface area contributed by atoms with Crippen LogP contribution in [-0.4, -0.2) is 41.5 Å². The number of pyridine rings is 1. The van der Waals surface area contributed by atoms with E-state index >= 15 is 0 Å². The van der Waals surface area contributed by atoms with Gasteiger partial charge in [-0.15, -0.1) is 0 Å². The molecule has 0 saturated heterocycles. The van der Waals surface area contributed by atoms with Crippen LogP contribution in [0, 0.1) is 12.8 Å². The summed E-state index contributed by atoms with van der Waals surface area (Å²) < 4.78 is 4.87. The zero-order valence-corrected chi connectivity index (χ0v) is 12.9. The molecule has 0 aliphatic heterocycles. The van der Waals surface area contributed by atoms with Crippen molar-refractivity contribution in [1.82, 2.24) is 9.88 Å². The molecule has 1 N–H and O–H groups in total. The molecule has 0 aliphatic carbocycles. The molecule has 1 heterocycles. The van der Waals surface area contributed by atoms with Gasteiger partial charge in [-0.05, 0) is 19.8 Å². The normalized spacial score (nSPS) is 10.5. The molecule has 1 rings (SSSR count). The van der Waals surface area contributed by atoms with Crippen LogP contribution in [0.1, 0.15) is 36.8 Å². The van der Waals surface area contributed by atoms with E-state index in [1.165, 1.54) is 17.2 Å². The van der Waals surface area contributed by atoms with Gasteiger partial charge in [0.15, 0.2) is 5.43 Å². The lowest BCUT2D eigenvalue weighted by Gasteiger charge is -2.23. The number of aromatic amines is 1. The van der Waals surface area contributed by atoms with Gasteiger partial charge in [-0.3, -0.25) is 14.4 Å². The van der Waals surface area contributed by atoms with Crippen molar-refractivity contribution in [2.45, 2.75) is 27.7 Å². The molecule has 1 aromatic heterocycles. The van der Waals surface area contributed by atoms with Crippen LogP contribution in [0.5, 0.6) is 0 Å². The average molecular weight is 294 g/mol. The number of aryl methyl sites for hydroxylation is 1. The topological polar surface area (TPSA) is 79.5 Å². The largest absolute Gasteiger partial charge is 0.465 e. The van der Waals surface area contributed by atoms with Gasteiger partial charge in [0, 0.05) is 24.5 Å². The van der Waals surface area contributed by atoms with E-state index in [-0.39, 0.29) is 30.1 Å². The number of amides is 1. The Bertz CT molecular complexity index is 563. The van der Waals surface area contributed by atoms with Gasteiger partial charge in [-0.2, -0.15) is 0 Å². The van der Waals surface area contributed by atoms with Crippen molar-refractivity contribution in [3.05, 3.63) is 33.7 Å². The molecule has 0 atom stereocenters. The first-order chi connectivity index (χ1) is 9.85. The summed E-state index contributed by atoms with van der Waals surface area (Å²) in [6.45, 7) is 7.80. The van der Waals surface area contributed by atoms with E-state index < -0.39 is 11.9 Å². The van der Waals surface area contributed by atoms with Crippen molar-refractivity contribution in [3.63, 3.8) is 0 Å². The van der Waals surface area contributed by atoms with E-state index in [0.717, 1.165) is 0 Å². The molecule has 0 unspecified atom stereocenters. The maximum absolute atomic E-state index is 12.5. The molecule has 0 aliphatic rings. The Balaban J connectivity index is 2.98. The number of aromatic nitrogens is 1. The van der Waals surface area contributed by atoms with Crippen molar-refractivity contribution in [2.24, 2.45) is 5.92 Å². The minimum absolute atomic E-state index is 0.0329. The molecule has 0 spiro atoms. The lowest BCUT2D eigenvalue weighted by atomic mass is 10.1. The first kappa shape index (κ1) is 16.9. The van der Waals surface area contributed by atoms with Crippen LogP contribution in [0.3, 0.4) is 0 Å². The highest BCUT2D eigenvalue weighted by atomic mass is 16.5. The zero-order valence-electron chi connectivity index (χ0n) is 12.9. The van der Waals surface area contributed by atoms with Crippen molar-refractivity contribution >= 4 is 11.9 Å². The van der Waals surface area contributed by atoms with Gasteiger partial charge in [0.2, 0.25) is 0 Å². The summed E-state index contributed by atoms with van der Waals surface area (Å²) in [5.74, 6) is -0.763. The number of ether oxygens (including phenoxy) is 1. The molecule has 6 heteroatoms. The lowest BCUT2D eigenvalue weighted by molar-refractivity contribution is -0.143. The predicted molar refractivity (Wildman–Crippen MR) is 79.2 cm³/mol. The smallest absolute Gasteiger partial charge is 0.325 e. The average Bonchev–Trinajstić information content (AvgIpc) is 2.37. The molecule has 0 fully saturated rings. The lowest BCUT2D eigenvalue weighted by Crippen LogP contribution is -2.40. The quantitative estimate of drug-likeness (QED) is 0.803. The molecule has 116 valence electrons. The van der Waals surface area contributed by atoms with E-state index in [2.05, 4.69) is 4.98 Å². The third kappa shape index (κ3) is 5.06. The van der Waals surface area contributed by atoms with Gasteiger partial charge < -0.3 is 14.6 Å². The van der Waals surface area contributed by atoms with Crippen molar-refractivity contribution in [2.75, 3.05) is 19.7 Å². The Morgan fingerprint density at radius 3 is 2.57 bits per heavy atom. The first-order valence-corrected chi connectivity index (χ1v) is 6.99. The molecule has 1 aromatic rings. The number of hydrogen-bond acceptors (Lipinski definition) is 4. The molecule has 6 nitrogen and oxygen atoms in total. The molecular formula is C15H22N2O4. The molecule has 0 saturated carbocycles. The van der Waals surface area contributed by atoms with Crippen LogP contribution in [0.15, 0.2) is 17.1 Å². The number of hydrogen-bond donors (Lipinski definition) is 1. The van der Waals surface area contributed by atoms with Crippen LogP contribution < -0.4 is 5.43 Å². The second-order valence-corrected chi connectivity index (χ2v) is 5.28. The Labute approximate surface area is 124 Å². The molecule has 0 radical (unpaired) electrons. The molecule has 0 bridgehead atoms. The van der Waals surface area contributed by atoms with Gasteiger partial charge in [0.05, 0.1) is 6.61 Å². The molecule has 1 amide bonds. The minimum atomic E-state index is -0.477. The number of nitrogens with one attached hydrogen (secondary N) is 1. The Hall–Kier alpha value is -2.11. The second kappa shape index (κ2) is 7.61. The van der Waals surface area contributed by atoms with Crippen LogP contribution >= 0.6 is 0 Å². The standard InChI is InChI=1S/C15H22N2O4/c1-5-21-14(19)9-17(8-10(2)3)15(20)12-7-16-11(4)6-13(12)18/h6-7,10H,5,8-9H2,1-4H3,(H,16,18). The first-order valence-electron chi connectivity index (χ1n) is 6.99. The fraction of sp³-hybridized carbons (Fsp3) is 0.533. The number of esters is 1. The van der Waals surface area contributed by atoms with Gasteiger partial charge >= 0.3 is 5.97 Å². The van der Waals surface area contributed by atoms with E-state index in [0.29, 0.717) is 12.2 Å². The maximum Gasteiger partial charge on any atom is 0.325 e. The van der Waals surface area contributed by atoms with Gasteiger partial charge in [0.25, 0.3) is 5.91 Å². The Morgan fingerprint density at radius 1 is 1.38 bits per heavy atom. The fourth-order valence-corrected chi connectivity index (χ4v) is 1.93. The number of carbonyl (C=O) groups excluding carboxylic acids is 2. The van der Waals surface area contributed by atoms with Gasteiger partial charge in [-0.25, -0.2) is 0 Å². The monoisotopic (exact) mass is 294 g/mol. The summed E-state index contributed by atoms with van der Waals surface area (Å²) >= 11 is 0. The summed E-state index contributed by atoms with van der Waals surface area (Å²) in [6.07, 6.45) is 1.39. The van der Waals surface area contributed by atoms with E-state index in [9.17, 15) is 14.4 Å². The summed E-state index contributed by atoms with van der Waals surface area (Å²) in [5, 5.41) is 0. The van der Waals surface area contributed by atoms with Crippen molar-refractivity contribution in [3.8, 4) is 0 Å². The van der Waals surface area contributed by atoms with Crippen LogP contribution in [0.25, 0.3) is 0 Å². The van der Waals surface area contributed by atoms with Crippen molar-refractivity contribution < 1.29 is 14.3 Å². The predicted octanol–water partition coefficient (Wildman–Crippen LogP) is 1.34.